The van der Waals surface area contributed by atoms with Crippen LogP contribution in [0.2, 0.25) is 0 Å². The van der Waals surface area contributed by atoms with Crippen molar-refractivity contribution in [2.45, 2.75) is 32.9 Å². The van der Waals surface area contributed by atoms with E-state index in [1.54, 1.807) is 6.92 Å². The molecule has 1 unspecified atom stereocenters. The van der Waals surface area contributed by atoms with E-state index in [0.29, 0.717) is 15.6 Å². The fourth-order valence-electron chi connectivity index (χ4n) is 2.57. The van der Waals surface area contributed by atoms with Crippen LogP contribution in [-0.4, -0.2) is 30.1 Å². The monoisotopic (exact) mass is 343 g/mol. The van der Waals surface area contributed by atoms with Crippen LogP contribution in [0.25, 0.3) is 0 Å². The van der Waals surface area contributed by atoms with Gasteiger partial charge in [-0.25, -0.2) is 4.39 Å². The summed E-state index contributed by atoms with van der Waals surface area (Å²) in [6.45, 7) is 5.69. The van der Waals surface area contributed by atoms with Crippen molar-refractivity contribution in [3.05, 3.63) is 27.5 Å². The van der Waals surface area contributed by atoms with Gasteiger partial charge in [-0.05, 0) is 53.9 Å². The Balaban J connectivity index is 2.22. The van der Waals surface area contributed by atoms with Gasteiger partial charge >= 0.3 is 0 Å². The molecule has 1 fully saturated rings. The number of nitrogens with one attached hydrogen (secondary N) is 1. The van der Waals surface area contributed by atoms with Crippen molar-refractivity contribution in [1.29, 1.82) is 0 Å². The molecule has 0 spiro atoms. The molecule has 6 heteroatoms. The molecule has 0 radical (unpaired) electrons. The number of nitrogen functional groups attached to an aromatic ring is 1. The molecule has 1 atom stereocenters. The highest BCUT2D eigenvalue weighted by molar-refractivity contribution is 9.10. The lowest BCUT2D eigenvalue weighted by atomic mass is 10.1. The number of likely N-dealkylation sites (tertiary alicyclic amines) is 1. The molecule has 3 N–H and O–H groups in total. The predicted molar refractivity (Wildman–Crippen MR) is 81.0 cm³/mol. The van der Waals surface area contributed by atoms with Crippen molar-refractivity contribution in [1.82, 2.24) is 10.2 Å². The lowest BCUT2D eigenvalue weighted by Crippen LogP contribution is -2.44. The average molecular weight is 344 g/mol. The van der Waals surface area contributed by atoms with Crippen molar-refractivity contribution >= 4 is 27.5 Å². The summed E-state index contributed by atoms with van der Waals surface area (Å²) in [4.78, 5) is 14.5. The van der Waals surface area contributed by atoms with Crippen LogP contribution in [0.3, 0.4) is 0 Å². The highest BCUT2D eigenvalue weighted by atomic mass is 79.9. The number of anilines is 1. The number of halogens is 2. The van der Waals surface area contributed by atoms with Crippen molar-refractivity contribution in [3.8, 4) is 0 Å². The van der Waals surface area contributed by atoms with Crippen LogP contribution in [0.5, 0.6) is 0 Å². The van der Waals surface area contributed by atoms with E-state index in [0.717, 1.165) is 25.9 Å². The topological polar surface area (TPSA) is 58.4 Å². The number of benzene rings is 1. The molecule has 1 aliphatic rings. The second-order valence-corrected chi connectivity index (χ2v) is 5.81. The first kappa shape index (κ1) is 15.3. The standard InChI is InChI=1S/C14H19BrFN3O/c1-3-19-6-4-5-11(19)18-14(20)9-7-10(16)13(17)12(15)8(9)2/h7,11H,3-6,17H2,1-2H3,(H,18,20). The summed E-state index contributed by atoms with van der Waals surface area (Å²) in [7, 11) is 0. The molecule has 0 aromatic heterocycles. The second kappa shape index (κ2) is 6.10. The minimum atomic E-state index is -0.577. The van der Waals surface area contributed by atoms with Crippen LogP contribution in [-0.2, 0) is 0 Å². The minimum Gasteiger partial charge on any atom is -0.395 e. The Labute approximate surface area is 126 Å². The second-order valence-electron chi connectivity index (χ2n) is 5.02. The molecule has 0 saturated carbocycles. The Morgan fingerprint density at radius 3 is 3.00 bits per heavy atom. The first-order valence-corrected chi connectivity index (χ1v) is 7.54. The third-order valence-corrected chi connectivity index (χ3v) is 4.83. The summed E-state index contributed by atoms with van der Waals surface area (Å²) in [6.07, 6.45) is 2.03. The highest BCUT2D eigenvalue weighted by Crippen LogP contribution is 2.29. The number of hydrogen-bond donors (Lipinski definition) is 2. The van der Waals surface area contributed by atoms with Gasteiger partial charge in [-0.2, -0.15) is 0 Å². The van der Waals surface area contributed by atoms with Crippen LogP contribution in [0, 0.1) is 12.7 Å². The zero-order valence-corrected chi connectivity index (χ0v) is 13.3. The Bertz CT molecular complexity index is 536. The van der Waals surface area contributed by atoms with Gasteiger partial charge in [-0.1, -0.05) is 6.92 Å². The third kappa shape index (κ3) is 2.81. The quantitative estimate of drug-likeness (QED) is 0.829. The van der Waals surface area contributed by atoms with Crippen molar-refractivity contribution in [2.24, 2.45) is 0 Å². The number of hydrogen-bond acceptors (Lipinski definition) is 3. The van der Waals surface area contributed by atoms with Gasteiger partial charge < -0.3 is 11.1 Å². The smallest absolute Gasteiger partial charge is 0.252 e. The maximum atomic E-state index is 13.7. The number of carbonyl (C=O) groups excluding carboxylic acids is 1. The van der Waals surface area contributed by atoms with Gasteiger partial charge in [0.2, 0.25) is 0 Å². The minimum absolute atomic E-state index is 0.0336. The predicted octanol–water partition coefficient (Wildman–Crippen LogP) is 2.65. The molecule has 2 rings (SSSR count). The van der Waals surface area contributed by atoms with E-state index >= 15 is 0 Å². The van der Waals surface area contributed by atoms with Crippen molar-refractivity contribution < 1.29 is 9.18 Å². The highest BCUT2D eigenvalue weighted by Gasteiger charge is 2.26. The zero-order chi connectivity index (χ0) is 14.9. The first-order valence-electron chi connectivity index (χ1n) is 6.74. The van der Waals surface area contributed by atoms with Gasteiger partial charge in [0.1, 0.15) is 5.82 Å². The molecular weight excluding hydrogens is 325 g/mol. The number of amides is 1. The van der Waals surface area contributed by atoms with Crippen LogP contribution < -0.4 is 11.1 Å². The molecule has 0 aliphatic carbocycles. The van der Waals surface area contributed by atoms with Crippen molar-refractivity contribution in [2.75, 3.05) is 18.8 Å². The third-order valence-electron chi connectivity index (χ3n) is 3.81. The van der Waals surface area contributed by atoms with E-state index in [1.807, 2.05) is 0 Å². The Kier molecular flexibility index (Phi) is 4.65. The van der Waals surface area contributed by atoms with Crippen molar-refractivity contribution in [3.63, 3.8) is 0 Å². The summed E-state index contributed by atoms with van der Waals surface area (Å²) in [5.41, 5.74) is 6.61. The molecule has 110 valence electrons. The van der Waals surface area contributed by atoms with Gasteiger partial charge in [0, 0.05) is 16.6 Å². The van der Waals surface area contributed by atoms with Gasteiger partial charge in [0.25, 0.3) is 5.91 Å². The molecule has 0 bridgehead atoms. The van der Waals surface area contributed by atoms with E-state index in [2.05, 4.69) is 33.1 Å². The maximum Gasteiger partial charge on any atom is 0.252 e. The van der Waals surface area contributed by atoms with Crippen LogP contribution >= 0.6 is 15.9 Å². The van der Waals surface area contributed by atoms with Gasteiger partial charge in [0.05, 0.1) is 11.9 Å². The summed E-state index contributed by atoms with van der Waals surface area (Å²) in [5.74, 6) is -0.834. The normalized spacial score (nSPS) is 19.3. The number of rotatable bonds is 3. The first-order chi connectivity index (χ1) is 9.45. The summed E-state index contributed by atoms with van der Waals surface area (Å²) >= 11 is 3.23. The molecular formula is C14H19BrFN3O. The van der Waals surface area contributed by atoms with E-state index in [9.17, 15) is 9.18 Å². The molecule has 20 heavy (non-hydrogen) atoms. The number of carbonyl (C=O) groups is 1. The fourth-order valence-corrected chi connectivity index (χ4v) is 2.97. The summed E-state index contributed by atoms with van der Waals surface area (Å²) in [5, 5.41) is 2.97. The van der Waals surface area contributed by atoms with Gasteiger partial charge in [-0.15, -0.1) is 0 Å². The molecule has 1 aliphatic heterocycles. The van der Waals surface area contributed by atoms with Gasteiger partial charge in [-0.3, -0.25) is 9.69 Å². The van der Waals surface area contributed by atoms with E-state index in [1.165, 1.54) is 6.07 Å². The Hall–Kier alpha value is -1.14. The Morgan fingerprint density at radius 2 is 2.35 bits per heavy atom. The molecule has 4 nitrogen and oxygen atoms in total. The number of nitrogens with zero attached hydrogens (tertiary/aromatic N) is 1. The molecule has 1 amide bonds. The molecule has 1 saturated heterocycles. The molecule has 1 aromatic carbocycles. The lowest BCUT2D eigenvalue weighted by molar-refractivity contribution is 0.0888. The number of nitrogens with two attached hydrogens (primary N) is 1. The molecule has 1 aromatic rings. The average Bonchev–Trinajstić information content (AvgIpc) is 2.87. The van der Waals surface area contributed by atoms with E-state index in [4.69, 9.17) is 5.73 Å². The van der Waals surface area contributed by atoms with E-state index < -0.39 is 5.82 Å². The van der Waals surface area contributed by atoms with Gasteiger partial charge in [0.15, 0.2) is 0 Å². The SMILES string of the molecule is CCN1CCCC1NC(=O)c1cc(F)c(N)c(Br)c1C. The van der Waals surface area contributed by atoms with E-state index in [-0.39, 0.29) is 17.8 Å². The van der Waals surface area contributed by atoms with Crippen LogP contribution in [0.1, 0.15) is 35.7 Å². The van der Waals surface area contributed by atoms with Crippen LogP contribution in [0.15, 0.2) is 10.5 Å². The fraction of sp³-hybridized carbons (Fsp3) is 0.500. The Morgan fingerprint density at radius 1 is 1.65 bits per heavy atom. The summed E-state index contributed by atoms with van der Waals surface area (Å²) < 4.78 is 14.1. The molecule has 1 heterocycles. The maximum absolute atomic E-state index is 13.7. The largest absolute Gasteiger partial charge is 0.395 e. The lowest BCUT2D eigenvalue weighted by Gasteiger charge is -2.24. The zero-order valence-electron chi connectivity index (χ0n) is 11.7. The van der Waals surface area contributed by atoms with Crippen LogP contribution in [0.4, 0.5) is 10.1 Å². The summed E-state index contributed by atoms with van der Waals surface area (Å²) in [6, 6.07) is 1.20.